The molecule has 0 saturated heterocycles. The van der Waals surface area contributed by atoms with Crippen LogP contribution in [0, 0.1) is 0 Å². The molecule has 0 radical (unpaired) electrons. The number of aromatic nitrogens is 2. The Kier molecular flexibility index (Phi) is 3.25. The molecule has 3 nitrogen and oxygen atoms in total. The Balaban J connectivity index is 1.79. The van der Waals surface area contributed by atoms with Gasteiger partial charge in [0.1, 0.15) is 0 Å². The van der Waals surface area contributed by atoms with Crippen molar-refractivity contribution < 1.29 is 0 Å². The van der Waals surface area contributed by atoms with Gasteiger partial charge in [0.2, 0.25) is 5.95 Å². The second-order valence-electron chi connectivity index (χ2n) is 4.56. The number of para-hydroxylation sites is 2. The molecule has 0 saturated carbocycles. The fourth-order valence-corrected chi connectivity index (χ4v) is 3.07. The number of fused-ring (bicyclic) bond motifs is 1. The number of imidazole rings is 1. The Labute approximate surface area is 116 Å². The minimum atomic E-state index is 0.835. The number of nitrogens with zero attached hydrogens (tertiary/aromatic N) is 2. The molecule has 0 aliphatic carbocycles. The first-order chi connectivity index (χ1) is 9.28. The highest BCUT2D eigenvalue weighted by Gasteiger charge is 2.06. The predicted molar refractivity (Wildman–Crippen MR) is 81.7 cm³/mol. The predicted octanol–water partition coefficient (Wildman–Crippen LogP) is 3.81. The molecule has 3 rings (SSSR count). The number of rotatable bonds is 4. The zero-order valence-corrected chi connectivity index (χ0v) is 12.0. The molecule has 4 heteroatoms. The van der Waals surface area contributed by atoms with Gasteiger partial charge >= 0.3 is 0 Å². The van der Waals surface area contributed by atoms with Crippen molar-refractivity contribution in [3.05, 3.63) is 46.2 Å². The summed E-state index contributed by atoms with van der Waals surface area (Å²) in [5.41, 5.74) is 2.19. The molecule has 2 heterocycles. The van der Waals surface area contributed by atoms with Crippen LogP contribution in [0.25, 0.3) is 11.0 Å². The van der Waals surface area contributed by atoms with E-state index in [2.05, 4.69) is 40.0 Å². The van der Waals surface area contributed by atoms with Crippen LogP contribution in [0.3, 0.4) is 0 Å². The molecule has 0 bridgehead atoms. The minimum absolute atomic E-state index is 0.835. The van der Waals surface area contributed by atoms with Crippen molar-refractivity contribution in [2.75, 3.05) is 5.32 Å². The molecule has 2 aromatic heterocycles. The highest BCUT2D eigenvalue weighted by Crippen LogP contribution is 2.20. The zero-order chi connectivity index (χ0) is 13.2. The van der Waals surface area contributed by atoms with Crippen molar-refractivity contribution in [2.45, 2.75) is 19.9 Å². The van der Waals surface area contributed by atoms with Gasteiger partial charge in [-0.1, -0.05) is 19.1 Å². The van der Waals surface area contributed by atoms with Gasteiger partial charge < -0.3 is 9.88 Å². The molecule has 1 aromatic carbocycles. The fraction of sp³-hybridized carbons (Fsp3) is 0.267. The maximum atomic E-state index is 4.61. The van der Waals surface area contributed by atoms with Gasteiger partial charge in [0, 0.05) is 16.8 Å². The lowest BCUT2D eigenvalue weighted by Crippen LogP contribution is -2.03. The van der Waals surface area contributed by atoms with Gasteiger partial charge in [-0.15, -0.1) is 11.3 Å². The molecule has 0 atom stereocenters. The van der Waals surface area contributed by atoms with Crippen molar-refractivity contribution in [1.29, 1.82) is 0 Å². The number of nitrogens with one attached hydrogen (secondary N) is 1. The van der Waals surface area contributed by atoms with E-state index in [1.165, 1.54) is 9.75 Å². The van der Waals surface area contributed by atoms with Crippen LogP contribution >= 0.6 is 11.3 Å². The topological polar surface area (TPSA) is 29.9 Å². The van der Waals surface area contributed by atoms with Crippen LogP contribution in [0.5, 0.6) is 0 Å². The van der Waals surface area contributed by atoms with E-state index in [1.807, 2.05) is 36.6 Å². The maximum Gasteiger partial charge on any atom is 0.203 e. The molecular weight excluding hydrogens is 254 g/mol. The van der Waals surface area contributed by atoms with Crippen LogP contribution in [0.4, 0.5) is 5.95 Å². The first-order valence-corrected chi connectivity index (χ1v) is 7.32. The van der Waals surface area contributed by atoms with E-state index in [0.29, 0.717) is 0 Å². The van der Waals surface area contributed by atoms with Gasteiger partial charge in [0.25, 0.3) is 0 Å². The molecule has 0 aliphatic rings. The standard InChI is InChI=1S/C15H17N3S/c1-3-11-8-9-12(19-11)10-16-15-17-13-6-4-5-7-14(13)18(15)2/h4-9H,3,10H2,1-2H3,(H,16,17). The smallest absolute Gasteiger partial charge is 0.203 e. The normalized spacial score (nSPS) is 11.1. The molecular formula is C15H17N3S. The van der Waals surface area contributed by atoms with Gasteiger partial charge in [-0.05, 0) is 30.7 Å². The van der Waals surface area contributed by atoms with Gasteiger partial charge in [-0.25, -0.2) is 4.98 Å². The molecule has 3 aromatic rings. The summed E-state index contributed by atoms with van der Waals surface area (Å²) in [6, 6.07) is 12.6. The van der Waals surface area contributed by atoms with Gasteiger partial charge in [-0.2, -0.15) is 0 Å². The Bertz CT molecular complexity index is 696. The lowest BCUT2D eigenvalue weighted by molar-refractivity contribution is 0.931. The van der Waals surface area contributed by atoms with E-state index in [0.717, 1.165) is 29.9 Å². The summed E-state index contributed by atoms with van der Waals surface area (Å²) in [7, 11) is 2.05. The zero-order valence-electron chi connectivity index (χ0n) is 11.2. The summed E-state index contributed by atoms with van der Waals surface area (Å²) in [5, 5.41) is 3.42. The van der Waals surface area contributed by atoms with E-state index in [1.54, 1.807) is 0 Å². The summed E-state index contributed by atoms with van der Waals surface area (Å²) in [4.78, 5) is 7.39. The quantitative estimate of drug-likeness (QED) is 0.782. The summed E-state index contributed by atoms with van der Waals surface area (Å²) in [5.74, 6) is 0.924. The summed E-state index contributed by atoms with van der Waals surface area (Å²) in [6.07, 6.45) is 1.11. The Morgan fingerprint density at radius 2 is 1.95 bits per heavy atom. The third-order valence-corrected chi connectivity index (χ3v) is 4.50. The number of hydrogen-bond donors (Lipinski definition) is 1. The van der Waals surface area contributed by atoms with E-state index in [9.17, 15) is 0 Å². The van der Waals surface area contributed by atoms with E-state index < -0.39 is 0 Å². The average molecular weight is 271 g/mol. The van der Waals surface area contributed by atoms with Crippen LogP contribution in [-0.2, 0) is 20.0 Å². The third-order valence-electron chi connectivity index (χ3n) is 3.27. The molecule has 0 spiro atoms. The second kappa shape index (κ2) is 5.05. The van der Waals surface area contributed by atoms with Crippen molar-refractivity contribution in [2.24, 2.45) is 7.05 Å². The lowest BCUT2D eigenvalue weighted by Gasteiger charge is -2.04. The second-order valence-corrected chi connectivity index (χ2v) is 5.81. The monoisotopic (exact) mass is 271 g/mol. The van der Waals surface area contributed by atoms with E-state index in [-0.39, 0.29) is 0 Å². The van der Waals surface area contributed by atoms with Gasteiger partial charge in [0.15, 0.2) is 0 Å². The van der Waals surface area contributed by atoms with E-state index >= 15 is 0 Å². The molecule has 0 aliphatic heterocycles. The highest BCUT2D eigenvalue weighted by atomic mass is 32.1. The Morgan fingerprint density at radius 1 is 1.16 bits per heavy atom. The van der Waals surface area contributed by atoms with Gasteiger partial charge in [-0.3, -0.25) is 0 Å². The minimum Gasteiger partial charge on any atom is -0.351 e. The Morgan fingerprint density at radius 3 is 2.68 bits per heavy atom. The number of benzene rings is 1. The van der Waals surface area contributed by atoms with Crippen LogP contribution in [0.2, 0.25) is 0 Å². The first-order valence-electron chi connectivity index (χ1n) is 6.51. The van der Waals surface area contributed by atoms with Crippen LogP contribution < -0.4 is 5.32 Å². The highest BCUT2D eigenvalue weighted by molar-refractivity contribution is 7.12. The number of aryl methyl sites for hydroxylation is 2. The molecule has 0 unspecified atom stereocenters. The molecule has 98 valence electrons. The first kappa shape index (κ1) is 12.2. The number of thiophene rings is 1. The van der Waals surface area contributed by atoms with Crippen LogP contribution in [0.1, 0.15) is 16.7 Å². The molecule has 19 heavy (non-hydrogen) atoms. The van der Waals surface area contributed by atoms with Gasteiger partial charge in [0.05, 0.1) is 17.6 Å². The largest absolute Gasteiger partial charge is 0.351 e. The SMILES string of the molecule is CCc1ccc(CNc2nc3ccccc3n2C)s1. The Hall–Kier alpha value is -1.81. The molecule has 0 fully saturated rings. The molecule has 0 amide bonds. The summed E-state index contributed by atoms with van der Waals surface area (Å²) >= 11 is 1.87. The maximum absolute atomic E-state index is 4.61. The fourth-order valence-electron chi connectivity index (χ4n) is 2.18. The van der Waals surface area contributed by atoms with Crippen LogP contribution in [-0.4, -0.2) is 9.55 Å². The van der Waals surface area contributed by atoms with E-state index in [4.69, 9.17) is 0 Å². The van der Waals surface area contributed by atoms with Crippen molar-refractivity contribution in [3.63, 3.8) is 0 Å². The van der Waals surface area contributed by atoms with Crippen molar-refractivity contribution >= 4 is 28.3 Å². The summed E-state index contributed by atoms with van der Waals surface area (Å²) < 4.78 is 2.10. The van der Waals surface area contributed by atoms with Crippen LogP contribution in [0.15, 0.2) is 36.4 Å². The molecule has 1 N–H and O–H groups in total. The van der Waals surface area contributed by atoms with Crippen molar-refractivity contribution in [3.8, 4) is 0 Å². The van der Waals surface area contributed by atoms with Crippen molar-refractivity contribution in [1.82, 2.24) is 9.55 Å². The number of hydrogen-bond acceptors (Lipinski definition) is 3. The average Bonchev–Trinajstić information content (AvgIpc) is 3.02. The third kappa shape index (κ3) is 2.36. The summed E-state index contributed by atoms with van der Waals surface area (Å²) in [6.45, 7) is 3.02. The lowest BCUT2D eigenvalue weighted by atomic mass is 10.3. The number of anilines is 1.